The van der Waals surface area contributed by atoms with Crippen molar-refractivity contribution in [3.05, 3.63) is 34.9 Å². The molecule has 1 aromatic carbocycles. The SMILES string of the molecule is O=C(NCc1cccc(Cl)c1)C1=NN([C@@H]2CCS(=O)(=O)C2)C(=O)CC1. The summed E-state index contributed by atoms with van der Waals surface area (Å²) in [6, 6.07) is 6.66. The molecule has 3 rings (SSSR count). The van der Waals surface area contributed by atoms with Gasteiger partial charge < -0.3 is 5.32 Å². The number of carbonyl (C=O) groups is 2. The van der Waals surface area contributed by atoms with Gasteiger partial charge in [-0.05, 0) is 24.1 Å². The van der Waals surface area contributed by atoms with Gasteiger partial charge in [-0.3, -0.25) is 9.59 Å². The molecule has 9 heteroatoms. The third-order valence-corrected chi connectivity index (χ3v) is 6.20. The Labute approximate surface area is 150 Å². The monoisotopic (exact) mass is 383 g/mol. The van der Waals surface area contributed by atoms with Gasteiger partial charge in [-0.1, -0.05) is 23.7 Å². The Bertz CT molecular complexity index is 838. The summed E-state index contributed by atoms with van der Waals surface area (Å²) < 4.78 is 23.2. The van der Waals surface area contributed by atoms with E-state index in [1.807, 2.05) is 6.07 Å². The van der Waals surface area contributed by atoms with E-state index in [-0.39, 0.29) is 41.9 Å². The zero-order valence-corrected chi connectivity index (χ0v) is 15.0. The lowest BCUT2D eigenvalue weighted by atomic mass is 10.1. The molecule has 2 aliphatic rings. The molecular formula is C16H18ClN3O4S. The largest absolute Gasteiger partial charge is 0.347 e. The summed E-state index contributed by atoms with van der Waals surface area (Å²) in [5.74, 6) is -0.653. The molecule has 2 heterocycles. The van der Waals surface area contributed by atoms with E-state index in [1.165, 1.54) is 5.01 Å². The minimum atomic E-state index is -3.13. The number of benzene rings is 1. The molecule has 0 unspecified atom stereocenters. The highest BCUT2D eigenvalue weighted by Gasteiger charge is 2.37. The van der Waals surface area contributed by atoms with Crippen molar-refractivity contribution >= 4 is 39.0 Å². The summed E-state index contributed by atoms with van der Waals surface area (Å²) >= 11 is 5.91. The number of hydrogen-bond donors (Lipinski definition) is 1. The van der Waals surface area contributed by atoms with Gasteiger partial charge >= 0.3 is 0 Å². The number of amides is 2. The van der Waals surface area contributed by atoms with Crippen LogP contribution in [0.25, 0.3) is 0 Å². The van der Waals surface area contributed by atoms with Gasteiger partial charge in [0.1, 0.15) is 5.71 Å². The number of carbonyl (C=O) groups excluding carboxylic acids is 2. The van der Waals surface area contributed by atoms with Crippen molar-refractivity contribution in [3.8, 4) is 0 Å². The van der Waals surface area contributed by atoms with Crippen molar-refractivity contribution in [2.45, 2.75) is 31.8 Å². The van der Waals surface area contributed by atoms with Crippen LogP contribution in [0.3, 0.4) is 0 Å². The summed E-state index contributed by atoms with van der Waals surface area (Å²) in [5, 5.41) is 8.66. The molecule has 134 valence electrons. The van der Waals surface area contributed by atoms with Crippen LogP contribution in [0.15, 0.2) is 29.4 Å². The Balaban J connectivity index is 1.67. The van der Waals surface area contributed by atoms with Crippen LogP contribution in [0, 0.1) is 0 Å². The molecule has 2 aliphatic heterocycles. The first-order valence-corrected chi connectivity index (χ1v) is 10.2. The minimum Gasteiger partial charge on any atom is -0.347 e. The summed E-state index contributed by atoms with van der Waals surface area (Å²) in [6.07, 6.45) is 0.755. The first kappa shape index (κ1) is 17.9. The second-order valence-corrected chi connectivity index (χ2v) is 8.82. The van der Waals surface area contributed by atoms with Crippen LogP contribution in [-0.2, 0) is 26.0 Å². The van der Waals surface area contributed by atoms with Gasteiger partial charge in [-0.2, -0.15) is 5.10 Å². The minimum absolute atomic E-state index is 0.0489. The van der Waals surface area contributed by atoms with E-state index in [0.29, 0.717) is 18.0 Å². The van der Waals surface area contributed by atoms with Crippen LogP contribution in [0.5, 0.6) is 0 Å². The maximum absolute atomic E-state index is 12.3. The van der Waals surface area contributed by atoms with Crippen molar-refractivity contribution in [2.24, 2.45) is 5.10 Å². The molecule has 1 N–H and O–H groups in total. The summed E-state index contributed by atoms with van der Waals surface area (Å²) in [4.78, 5) is 24.4. The standard InChI is InChI=1S/C16H18ClN3O4S/c17-12-3-1-2-11(8-12)9-18-16(22)14-4-5-15(21)20(19-14)13-6-7-25(23,24)10-13/h1-3,8,13H,4-7,9-10H2,(H,18,22)/t13-/m1/s1. The van der Waals surface area contributed by atoms with E-state index in [0.717, 1.165) is 5.56 Å². The van der Waals surface area contributed by atoms with Crippen molar-refractivity contribution in [2.75, 3.05) is 11.5 Å². The Kier molecular flexibility index (Phi) is 5.10. The zero-order chi connectivity index (χ0) is 18.0. The molecular weight excluding hydrogens is 366 g/mol. The van der Waals surface area contributed by atoms with E-state index < -0.39 is 15.9 Å². The second kappa shape index (κ2) is 7.13. The molecule has 1 saturated heterocycles. The lowest BCUT2D eigenvalue weighted by Gasteiger charge is -2.27. The normalized spacial score (nSPS) is 22.6. The average Bonchev–Trinajstić information content (AvgIpc) is 2.93. The smallest absolute Gasteiger partial charge is 0.267 e. The van der Waals surface area contributed by atoms with Crippen molar-refractivity contribution in [1.29, 1.82) is 0 Å². The molecule has 0 aliphatic carbocycles. The molecule has 0 radical (unpaired) electrons. The molecule has 2 amide bonds. The van der Waals surface area contributed by atoms with Gasteiger partial charge in [0.15, 0.2) is 9.84 Å². The fourth-order valence-corrected chi connectivity index (χ4v) is 4.82. The van der Waals surface area contributed by atoms with Crippen molar-refractivity contribution in [3.63, 3.8) is 0 Å². The number of halogens is 1. The molecule has 1 aromatic rings. The molecule has 0 bridgehead atoms. The van der Waals surface area contributed by atoms with E-state index in [9.17, 15) is 18.0 Å². The predicted octanol–water partition coefficient (Wildman–Crippen LogP) is 1.12. The number of rotatable bonds is 4. The fourth-order valence-electron chi connectivity index (χ4n) is 2.92. The maximum atomic E-state index is 12.3. The topological polar surface area (TPSA) is 95.9 Å². The van der Waals surface area contributed by atoms with E-state index in [2.05, 4.69) is 10.4 Å². The van der Waals surface area contributed by atoms with Crippen LogP contribution >= 0.6 is 11.6 Å². The van der Waals surface area contributed by atoms with E-state index >= 15 is 0 Å². The highest BCUT2D eigenvalue weighted by Crippen LogP contribution is 2.22. The van der Waals surface area contributed by atoms with Gasteiger partial charge in [0.2, 0.25) is 5.91 Å². The second-order valence-electron chi connectivity index (χ2n) is 6.15. The number of sulfone groups is 1. The van der Waals surface area contributed by atoms with Gasteiger partial charge in [0.25, 0.3) is 5.91 Å². The van der Waals surface area contributed by atoms with Gasteiger partial charge in [0, 0.05) is 24.4 Å². The van der Waals surface area contributed by atoms with Crippen LogP contribution in [0.2, 0.25) is 5.02 Å². The number of nitrogens with one attached hydrogen (secondary N) is 1. The molecule has 0 aromatic heterocycles. The number of hydrogen-bond acceptors (Lipinski definition) is 5. The third kappa shape index (κ3) is 4.38. The summed E-state index contributed by atoms with van der Waals surface area (Å²) in [6.45, 7) is 0.296. The molecule has 7 nitrogen and oxygen atoms in total. The maximum Gasteiger partial charge on any atom is 0.267 e. The molecule has 0 saturated carbocycles. The Morgan fingerprint density at radius 3 is 2.84 bits per heavy atom. The van der Waals surface area contributed by atoms with Gasteiger partial charge in [0.05, 0.1) is 17.5 Å². The first-order chi connectivity index (χ1) is 11.8. The highest BCUT2D eigenvalue weighted by atomic mass is 35.5. The average molecular weight is 384 g/mol. The predicted molar refractivity (Wildman–Crippen MR) is 93.9 cm³/mol. The Hall–Kier alpha value is -1.93. The van der Waals surface area contributed by atoms with Gasteiger partial charge in [-0.15, -0.1) is 0 Å². The van der Waals surface area contributed by atoms with Crippen LogP contribution in [0.4, 0.5) is 0 Å². The van der Waals surface area contributed by atoms with Crippen LogP contribution in [-0.4, -0.2) is 48.5 Å². The highest BCUT2D eigenvalue weighted by molar-refractivity contribution is 7.91. The van der Waals surface area contributed by atoms with Crippen LogP contribution < -0.4 is 5.32 Å². The lowest BCUT2D eigenvalue weighted by Crippen LogP contribution is -2.43. The van der Waals surface area contributed by atoms with Crippen molar-refractivity contribution in [1.82, 2.24) is 10.3 Å². The summed E-state index contributed by atoms with van der Waals surface area (Å²) in [5.41, 5.74) is 1.10. The molecule has 25 heavy (non-hydrogen) atoms. The lowest BCUT2D eigenvalue weighted by molar-refractivity contribution is -0.133. The zero-order valence-electron chi connectivity index (χ0n) is 13.4. The fraction of sp³-hybridized carbons (Fsp3) is 0.438. The van der Waals surface area contributed by atoms with E-state index in [1.54, 1.807) is 18.2 Å². The van der Waals surface area contributed by atoms with Gasteiger partial charge in [-0.25, -0.2) is 13.4 Å². The molecule has 0 spiro atoms. The molecule has 1 fully saturated rings. The quantitative estimate of drug-likeness (QED) is 0.842. The molecule has 1 atom stereocenters. The summed E-state index contributed by atoms with van der Waals surface area (Å²) in [7, 11) is -3.13. The number of hydrazone groups is 1. The Morgan fingerprint density at radius 2 is 2.16 bits per heavy atom. The van der Waals surface area contributed by atoms with Crippen molar-refractivity contribution < 1.29 is 18.0 Å². The number of nitrogens with zero attached hydrogens (tertiary/aromatic N) is 2. The third-order valence-electron chi connectivity index (χ3n) is 4.22. The Morgan fingerprint density at radius 1 is 1.36 bits per heavy atom. The first-order valence-electron chi connectivity index (χ1n) is 7.97. The van der Waals surface area contributed by atoms with Crippen LogP contribution in [0.1, 0.15) is 24.8 Å². The van der Waals surface area contributed by atoms with E-state index in [4.69, 9.17) is 11.6 Å².